The van der Waals surface area contributed by atoms with Gasteiger partial charge in [0.05, 0.1) is 0 Å². The molecule has 74 valence electrons. The molecular formula is C9H16N2O2. The van der Waals surface area contributed by atoms with E-state index in [2.05, 4.69) is 5.32 Å². The Bertz CT molecular complexity index is 208. The van der Waals surface area contributed by atoms with Gasteiger partial charge >= 0.3 is 0 Å². The Hall–Kier alpha value is -0.610. The summed E-state index contributed by atoms with van der Waals surface area (Å²) in [6, 6.07) is 0. The molecule has 0 aromatic carbocycles. The predicted molar refractivity (Wildman–Crippen MR) is 48.3 cm³/mol. The van der Waals surface area contributed by atoms with Crippen LogP contribution in [0.25, 0.3) is 0 Å². The molecule has 2 N–H and O–H groups in total. The lowest BCUT2D eigenvalue weighted by molar-refractivity contribution is -0.157. The van der Waals surface area contributed by atoms with Crippen LogP contribution in [-0.2, 0) is 4.79 Å². The molecule has 2 aliphatic rings. The summed E-state index contributed by atoms with van der Waals surface area (Å²) in [5, 5.41) is 12.7. The van der Waals surface area contributed by atoms with Crippen molar-refractivity contribution in [3.8, 4) is 0 Å². The number of β-amino-alcohol motifs (C(OH)–C–C–N with tert-alkyl or cyclic N) is 1. The Morgan fingerprint density at radius 2 is 1.85 bits per heavy atom. The molecule has 4 heteroatoms. The molecule has 2 aliphatic heterocycles. The van der Waals surface area contributed by atoms with E-state index in [1.807, 2.05) is 0 Å². The van der Waals surface area contributed by atoms with Crippen LogP contribution in [0.1, 0.15) is 19.3 Å². The number of nitrogens with one attached hydrogen (secondary N) is 1. The van der Waals surface area contributed by atoms with Gasteiger partial charge in [-0.15, -0.1) is 0 Å². The molecule has 0 aromatic heterocycles. The van der Waals surface area contributed by atoms with E-state index in [1.54, 1.807) is 4.90 Å². The van der Waals surface area contributed by atoms with Crippen LogP contribution < -0.4 is 5.32 Å². The normalized spacial score (nSPS) is 26.7. The zero-order valence-corrected chi connectivity index (χ0v) is 7.75. The first-order valence-corrected chi connectivity index (χ1v) is 4.95. The molecule has 2 fully saturated rings. The molecule has 2 saturated heterocycles. The summed E-state index contributed by atoms with van der Waals surface area (Å²) in [6.45, 7) is 2.48. The highest BCUT2D eigenvalue weighted by Gasteiger charge is 2.44. The Balaban J connectivity index is 1.95. The second-order valence-electron chi connectivity index (χ2n) is 3.99. The molecule has 0 aliphatic carbocycles. The van der Waals surface area contributed by atoms with E-state index in [9.17, 15) is 9.90 Å². The number of rotatable bonds is 1. The van der Waals surface area contributed by atoms with E-state index >= 15 is 0 Å². The highest BCUT2D eigenvalue weighted by atomic mass is 16.3. The third-order valence-electron chi connectivity index (χ3n) is 2.88. The Morgan fingerprint density at radius 1 is 1.23 bits per heavy atom. The molecule has 2 rings (SSSR count). The Kier molecular flexibility index (Phi) is 2.26. The van der Waals surface area contributed by atoms with Crippen LogP contribution in [0, 0.1) is 0 Å². The van der Waals surface area contributed by atoms with Gasteiger partial charge in [0, 0.05) is 26.2 Å². The quantitative estimate of drug-likeness (QED) is 0.568. The first-order chi connectivity index (χ1) is 6.22. The first kappa shape index (κ1) is 8.97. The van der Waals surface area contributed by atoms with Crippen LogP contribution in [0.5, 0.6) is 0 Å². The minimum Gasteiger partial charge on any atom is -0.377 e. The van der Waals surface area contributed by atoms with E-state index in [1.165, 1.54) is 6.42 Å². The summed E-state index contributed by atoms with van der Waals surface area (Å²) >= 11 is 0. The third-order valence-corrected chi connectivity index (χ3v) is 2.88. The number of aliphatic hydroxyl groups is 1. The molecule has 0 unspecified atom stereocenters. The maximum atomic E-state index is 11.7. The van der Waals surface area contributed by atoms with Gasteiger partial charge < -0.3 is 15.3 Å². The number of carbonyl (C=O) groups is 1. The van der Waals surface area contributed by atoms with Crippen molar-refractivity contribution in [3.63, 3.8) is 0 Å². The van der Waals surface area contributed by atoms with Gasteiger partial charge in [0.2, 0.25) is 0 Å². The smallest absolute Gasteiger partial charge is 0.257 e. The van der Waals surface area contributed by atoms with Crippen molar-refractivity contribution in [3.05, 3.63) is 0 Å². The van der Waals surface area contributed by atoms with Crippen molar-refractivity contribution in [1.29, 1.82) is 0 Å². The number of likely N-dealkylation sites (tertiary alicyclic amines) is 1. The average molecular weight is 184 g/mol. The van der Waals surface area contributed by atoms with Crippen molar-refractivity contribution < 1.29 is 9.90 Å². The molecule has 0 atom stereocenters. The zero-order valence-electron chi connectivity index (χ0n) is 7.75. The number of carbonyl (C=O) groups excluding carboxylic acids is 1. The van der Waals surface area contributed by atoms with Gasteiger partial charge in [0.15, 0.2) is 5.60 Å². The molecule has 0 radical (unpaired) electrons. The number of hydrogen-bond acceptors (Lipinski definition) is 3. The lowest BCUT2D eigenvalue weighted by Crippen LogP contribution is -2.68. The molecule has 0 bridgehead atoms. The van der Waals surface area contributed by atoms with E-state index in [0.717, 1.165) is 25.9 Å². The van der Waals surface area contributed by atoms with Crippen molar-refractivity contribution in [2.24, 2.45) is 0 Å². The van der Waals surface area contributed by atoms with Crippen LogP contribution in [0.4, 0.5) is 0 Å². The number of piperidine rings is 1. The van der Waals surface area contributed by atoms with Crippen LogP contribution in [0.2, 0.25) is 0 Å². The molecule has 2 heterocycles. The van der Waals surface area contributed by atoms with Gasteiger partial charge in [-0.05, 0) is 19.3 Å². The van der Waals surface area contributed by atoms with Gasteiger partial charge in [-0.25, -0.2) is 0 Å². The SMILES string of the molecule is O=C(N1CCCCC1)C1(O)CNC1. The first-order valence-electron chi connectivity index (χ1n) is 4.95. The van der Waals surface area contributed by atoms with Gasteiger partial charge in [-0.2, -0.15) is 0 Å². The Morgan fingerprint density at radius 3 is 2.31 bits per heavy atom. The monoisotopic (exact) mass is 184 g/mol. The molecule has 0 aromatic rings. The third kappa shape index (κ3) is 1.56. The van der Waals surface area contributed by atoms with Crippen molar-refractivity contribution >= 4 is 5.91 Å². The van der Waals surface area contributed by atoms with Crippen LogP contribution >= 0.6 is 0 Å². The van der Waals surface area contributed by atoms with Gasteiger partial charge in [0.1, 0.15) is 0 Å². The van der Waals surface area contributed by atoms with Crippen LogP contribution in [0.3, 0.4) is 0 Å². The minimum absolute atomic E-state index is 0.0778. The highest BCUT2D eigenvalue weighted by molar-refractivity contribution is 5.86. The summed E-state index contributed by atoms with van der Waals surface area (Å²) in [4.78, 5) is 13.5. The molecule has 13 heavy (non-hydrogen) atoms. The van der Waals surface area contributed by atoms with E-state index in [-0.39, 0.29) is 5.91 Å². The number of amides is 1. The van der Waals surface area contributed by atoms with Gasteiger partial charge in [0.25, 0.3) is 5.91 Å². The van der Waals surface area contributed by atoms with Gasteiger partial charge in [-0.3, -0.25) is 4.79 Å². The van der Waals surface area contributed by atoms with E-state index < -0.39 is 5.60 Å². The zero-order chi connectivity index (χ0) is 9.31. The van der Waals surface area contributed by atoms with Crippen LogP contribution in [-0.4, -0.2) is 47.7 Å². The summed E-state index contributed by atoms with van der Waals surface area (Å²) in [5.74, 6) is -0.0778. The number of hydrogen-bond donors (Lipinski definition) is 2. The second-order valence-corrected chi connectivity index (χ2v) is 3.99. The summed E-state index contributed by atoms with van der Waals surface area (Å²) in [6.07, 6.45) is 3.37. The van der Waals surface area contributed by atoms with Crippen molar-refractivity contribution in [2.75, 3.05) is 26.2 Å². The summed E-state index contributed by atoms with van der Waals surface area (Å²) in [7, 11) is 0. The summed E-state index contributed by atoms with van der Waals surface area (Å²) in [5.41, 5.74) is -1.09. The lowest BCUT2D eigenvalue weighted by Gasteiger charge is -2.40. The maximum absolute atomic E-state index is 11.7. The fourth-order valence-electron chi connectivity index (χ4n) is 1.90. The fraction of sp³-hybridized carbons (Fsp3) is 0.889. The molecule has 0 saturated carbocycles. The largest absolute Gasteiger partial charge is 0.377 e. The van der Waals surface area contributed by atoms with Crippen LogP contribution in [0.15, 0.2) is 0 Å². The molecule has 1 amide bonds. The van der Waals surface area contributed by atoms with Crippen molar-refractivity contribution in [1.82, 2.24) is 10.2 Å². The number of nitrogens with zero attached hydrogens (tertiary/aromatic N) is 1. The van der Waals surface area contributed by atoms with E-state index in [0.29, 0.717) is 13.1 Å². The molecule has 0 spiro atoms. The van der Waals surface area contributed by atoms with E-state index in [4.69, 9.17) is 0 Å². The standard InChI is InChI=1S/C9H16N2O2/c12-8(9(13)6-10-7-9)11-4-2-1-3-5-11/h10,13H,1-7H2. The maximum Gasteiger partial charge on any atom is 0.257 e. The summed E-state index contributed by atoms with van der Waals surface area (Å²) < 4.78 is 0. The minimum atomic E-state index is -1.09. The predicted octanol–water partition coefficient (Wildman–Crippen LogP) is -0.667. The van der Waals surface area contributed by atoms with Crippen molar-refractivity contribution in [2.45, 2.75) is 24.9 Å². The Labute approximate surface area is 77.9 Å². The highest BCUT2D eigenvalue weighted by Crippen LogP contribution is 2.18. The molecular weight excluding hydrogens is 168 g/mol. The second kappa shape index (κ2) is 3.27. The average Bonchev–Trinajstić information content (AvgIpc) is 2.14. The lowest BCUT2D eigenvalue weighted by atomic mass is 9.94. The topological polar surface area (TPSA) is 52.6 Å². The fourth-order valence-corrected chi connectivity index (χ4v) is 1.90. The van der Waals surface area contributed by atoms with Gasteiger partial charge in [-0.1, -0.05) is 0 Å². The molecule has 4 nitrogen and oxygen atoms in total.